The molecule has 0 amide bonds. The second-order valence-electron chi connectivity index (χ2n) is 3.53. The molecular formula is C8H12N2. The van der Waals surface area contributed by atoms with Gasteiger partial charge >= 0.3 is 0 Å². The number of nitrogens with zero attached hydrogens (tertiary/aromatic N) is 1. The molecule has 0 radical (unpaired) electrons. The van der Waals surface area contributed by atoms with Crippen molar-refractivity contribution in [3.05, 3.63) is 0 Å². The summed E-state index contributed by atoms with van der Waals surface area (Å²) in [6.07, 6.45) is 3.89. The van der Waals surface area contributed by atoms with Crippen molar-refractivity contribution in [1.29, 1.82) is 5.26 Å². The summed E-state index contributed by atoms with van der Waals surface area (Å²) in [7, 11) is 0. The maximum Gasteiger partial charge on any atom is 0.0675 e. The molecule has 0 aromatic carbocycles. The molecule has 1 saturated heterocycles. The third-order valence-corrected chi connectivity index (χ3v) is 3.07. The highest BCUT2D eigenvalue weighted by Gasteiger charge is 2.47. The molecule has 2 fully saturated rings. The fraction of sp³-hybridized carbons (Fsp3) is 0.875. The standard InChI is InChI=1S/C8H12N2/c9-4-7-5-10-6-8(7)2-1-3-8/h7,10H,1-3,5-6H2/t7-/m0/s1. The normalized spacial score (nSPS) is 35.3. The Balaban J connectivity index is 2.14. The van der Waals surface area contributed by atoms with E-state index in [1.54, 1.807) is 0 Å². The molecule has 0 aromatic rings. The molecule has 1 spiro atoms. The summed E-state index contributed by atoms with van der Waals surface area (Å²) in [5.74, 6) is 0.307. The molecule has 0 bridgehead atoms. The topological polar surface area (TPSA) is 35.8 Å². The van der Waals surface area contributed by atoms with Crippen LogP contribution in [0.1, 0.15) is 19.3 Å². The Labute approximate surface area is 61.2 Å². The Bertz CT molecular complexity index is 176. The Morgan fingerprint density at radius 2 is 2.30 bits per heavy atom. The highest BCUT2D eigenvalue weighted by atomic mass is 14.9. The highest BCUT2D eigenvalue weighted by Crippen LogP contribution is 2.48. The average Bonchev–Trinajstić information content (AvgIpc) is 2.27. The molecule has 10 heavy (non-hydrogen) atoms. The van der Waals surface area contributed by atoms with Crippen LogP contribution in [0.15, 0.2) is 0 Å². The lowest BCUT2D eigenvalue weighted by Gasteiger charge is -2.39. The van der Waals surface area contributed by atoms with Crippen molar-refractivity contribution in [2.24, 2.45) is 11.3 Å². The fourth-order valence-electron chi connectivity index (χ4n) is 2.14. The van der Waals surface area contributed by atoms with Crippen LogP contribution < -0.4 is 5.32 Å². The van der Waals surface area contributed by atoms with Crippen molar-refractivity contribution in [3.8, 4) is 6.07 Å². The molecule has 2 heteroatoms. The third kappa shape index (κ3) is 0.615. The zero-order valence-electron chi connectivity index (χ0n) is 6.06. The number of nitrogens with one attached hydrogen (secondary N) is 1. The Kier molecular flexibility index (Phi) is 1.21. The summed E-state index contributed by atoms with van der Waals surface area (Å²) in [5, 5.41) is 12.1. The van der Waals surface area contributed by atoms with Gasteiger partial charge in [0, 0.05) is 13.1 Å². The Hall–Kier alpha value is -0.550. The van der Waals surface area contributed by atoms with Crippen molar-refractivity contribution in [2.45, 2.75) is 19.3 Å². The monoisotopic (exact) mass is 136 g/mol. The fourth-order valence-corrected chi connectivity index (χ4v) is 2.14. The molecule has 1 atom stereocenters. The van der Waals surface area contributed by atoms with Crippen LogP contribution in [0, 0.1) is 22.7 Å². The SMILES string of the molecule is N#C[C@H]1CNCC12CCC2. The summed E-state index contributed by atoms with van der Waals surface area (Å²) in [6.45, 7) is 2.02. The minimum absolute atomic E-state index is 0.307. The van der Waals surface area contributed by atoms with E-state index in [2.05, 4.69) is 11.4 Å². The van der Waals surface area contributed by atoms with Gasteiger partial charge in [-0.25, -0.2) is 0 Å². The number of hydrogen-bond acceptors (Lipinski definition) is 2. The van der Waals surface area contributed by atoms with Gasteiger partial charge in [0.2, 0.25) is 0 Å². The largest absolute Gasteiger partial charge is 0.315 e. The predicted molar refractivity (Wildman–Crippen MR) is 38.3 cm³/mol. The first-order valence-electron chi connectivity index (χ1n) is 3.98. The van der Waals surface area contributed by atoms with Crippen molar-refractivity contribution in [3.63, 3.8) is 0 Å². The smallest absolute Gasteiger partial charge is 0.0675 e. The molecule has 0 aromatic heterocycles. The first-order valence-corrected chi connectivity index (χ1v) is 3.98. The summed E-state index contributed by atoms with van der Waals surface area (Å²) < 4.78 is 0. The van der Waals surface area contributed by atoms with Crippen molar-refractivity contribution in [1.82, 2.24) is 5.32 Å². The first kappa shape index (κ1) is 6.18. The van der Waals surface area contributed by atoms with E-state index in [1.165, 1.54) is 19.3 Å². The number of rotatable bonds is 0. The Morgan fingerprint density at radius 3 is 2.70 bits per heavy atom. The molecule has 2 aliphatic rings. The molecule has 1 aliphatic carbocycles. The second-order valence-corrected chi connectivity index (χ2v) is 3.53. The summed E-state index contributed by atoms with van der Waals surface area (Å²) in [4.78, 5) is 0. The molecule has 1 saturated carbocycles. The lowest BCUT2D eigenvalue weighted by Crippen LogP contribution is -2.36. The summed E-state index contributed by atoms with van der Waals surface area (Å²) in [5.41, 5.74) is 0.411. The first-order chi connectivity index (χ1) is 4.87. The van der Waals surface area contributed by atoms with Crippen LogP contribution in [-0.4, -0.2) is 13.1 Å². The van der Waals surface area contributed by atoms with Crippen molar-refractivity contribution < 1.29 is 0 Å². The minimum Gasteiger partial charge on any atom is -0.315 e. The lowest BCUT2D eigenvalue weighted by molar-refractivity contribution is 0.126. The van der Waals surface area contributed by atoms with E-state index < -0.39 is 0 Å². The highest BCUT2D eigenvalue weighted by molar-refractivity contribution is 5.08. The van der Waals surface area contributed by atoms with Gasteiger partial charge in [0.15, 0.2) is 0 Å². The quantitative estimate of drug-likeness (QED) is 0.537. The Morgan fingerprint density at radius 1 is 1.50 bits per heavy atom. The molecule has 1 aliphatic heterocycles. The van der Waals surface area contributed by atoms with E-state index >= 15 is 0 Å². The van der Waals surface area contributed by atoms with Crippen LogP contribution >= 0.6 is 0 Å². The van der Waals surface area contributed by atoms with Gasteiger partial charge < -0.3 is 5.32 Å². The van der Waals surface area contributed by atoms with Gasteiger partial charge in [0.05, 0.1) is 12.0 Å². The maximum atomic E-state index is 8.78. The van der Waals surface area contributed by atoms with Crippen LogP contribution in [0.2, 0.25) is 0 Å². The van der Waals surface area contributed by atoms with Gasteiger partial charge in [0.1, 0.15) is 0 Å². The summed E-state index contributed by atoms with van der Waals surface area (Å²) >= 11 is 0. The van der Waals surface area contributed by atoms with Gasteiger partial charge in [-0.15, -0.1) is 0 Å². The average molecular weight is 136 g/mol. The van der Waals surface area contributed by atoms with Crippen LogP contribution in [-0.2, 0) is 0 Å². The number of nitriles is 1. The summed E-state index contributed by atoms with van der Waals surface area (Å²) in [6, 6.07) is 2.39. The molecule has 1 N–H and O–H groups in total. The van der Waals surface area contributed by atoms with Gasteiger partial charge in [-0.05, 0) is 18.3 Å². The molecule has 2 rings (SSSR count). The van der Waals surface area contributed by atoms with E-state index in [0.29, 0.717) is 11.3 Å². The lowest BCUT2D eigenvalue weighted by atomic mass is 9.63. The van der Waals surface area contributed by atoms with E-state index in [-0.39, 0.29) is 0 Å². The zero-order chi connectivity index (χ0) is 7.03. The maximum absolute atomic E-state index is 8.78. The van der Waals surface area contributed by atoms with Gasteiger partial charge in [-0.1, -0.05) is 6.42 Å². The van der Waals surface area contributed by atoms with Crippen LogP contribution in [0.25, 0.3) is 0 Å². The van der Waals surface area contributed by atoms with Crippen molar-refractivity contribution >= 4 is 0 Å². The molecular weight excluding hydrogens is 124 g/mol. The predicted octanol–water partition coefficient (Wildman–Crippen LogP) is 0.900. The zero-order valence-corrected chi connectivity index (χ0v) is 6.06. The van der Waals surface area contributed by atoms with Gasteiger partial charge in [0.25, 0.3) is 0 Å². The molecule has 1 heterocycles. The van der Waals surface area contributed by atoms with E-state index in [4.69, 9.17) is 5.26 Å². The van der Waals surface area contributed by atoms with Crippen molar-refractivity contribution in [2.75, 3.05) is 13.1 Å². The van der Waals surface area contributed by atoms with Crippen LogP contribution in [0.5, 0.6) is 0 Å². The van der Waals surface area contributed by atoms with Gasteiger partial charge in [-0.2, -0.15) is 5.26 Å². The molecule has 0 unspecified atom stereocenters. The van der Waals surface area contributed by atoms with Crippen LogP contribution in [0.4, 0.5) is 0 Å². The van der Waals surface area contributed by atoms with Crippen LogP contribution in [0.3, 0.4) is 0 Å². The van der Waals surface area contributed by atoms with E-state index in [1.807, 2.05) is 0 Å². The third-order valence-electron chi connectivity index (χ3n) is 3.07. The second kappa shape index (κ2) is 1.96. The molecule has 54 valence electrons. The van der Waals surface area contributed by atoms with E-state index in [0.717, 1.165) is 13.1 Å². The minimum atomic E-state index is 0.307. The number of hydrogen-bond donors (Lipinski definition) is 1. The molecule has 2 nitrogen and oxygen atoms in total. The van der Waals surface area contributed by atoms with Gasteiger partial charge in [-0.3, -0.25) is 0 Å². The van der Waals surface area contributed by atoms with E-state index in [9.17, 15) is 0 Å².